The minimum absolute atomic E-state index is 0.0408. The summed E-state index contributed by atoms with van der Waals surface area (Å²) in [5.41, 5.74) is -0.802. The van der Waals surface area contributed by atoms with Gasteiger partial charge < -0.3 is 14.6 Å². The first kappa shape index (κ1) is 12.2. The van der Waals surface area contributed by atoms with Crippen LogP contribution in [0.5, 0.6) is 0 Å². The fraction of sp³-hybridized carbons (Fsp3) is 0.933. The first-order chi connectivity index (χ1) is 8.83. The van der Waals surface area contributed by atoms with Crippen LogP contribution in [0.15, 0.2) is 0 Å². The predicted octanol–water partition coefficient (Wildman–Crippen LogP) is 1.50. The Balaban J connectivity index is 1.71. The fourth-order valence-electron chi connectivity index (χ4n) is 5.00. The number of rotatable bonds is 0. The summed E-state index contributed by atoms with van der Waals surface area (Å²) < 4.78 is 11.3. The molecule has 4 rings (SSSR count). The molecule has 0 bridgehead atoms. The van der Waals surface area contributed by atoms with E-state index in [9.17, 15) is 9.90 Å². The van der Waals surface area contributed by atoms with Crippen LogP contribution in [0.4, 0.5) is 0 Å². The summed E-state index contributed by atoms with van der Waals surface area (Å²) in [5.74, 6) is 0.752. The number of carbonyl (C=O) groups excluding carboxylic acids is 1. The summed E-state index contributed by atoms with van der Waals surface area (Å²) in [6.45, 7) is 6.05. The van der Waals surface area contributed by atoms with E-state index in [-0.39, 0.29) is 35.4 Å². The van der Waals surface area contributed by atoms with E-state index in [2.05, 4.69) is 6.92 Å². The highest BCUT2D eigenvalue weighted by Gasteiger charge is 2.70. The molecular weight excluding hydrogens is 244 g/mol. The lowest BCUT2D eigenvalue weighted by molar-refractivity contribution is -0.146. The van der Waals surface area contributed by atoms with Crippen molar-refractivity contribution in [3.63, 3.8) is 0 Å². The van der Waals surface area contributed by atoms with E-state index in [1.807, 2.05) is 13.8 Å². The molecule has 4 heteroatoms. The van der Waals surface area contributed by atoms with Crippen molar-refractivity contribution < 1.29 is 19.4 Å². The van der Waals surface area contributed by atoms with Crippen LogP contribution in [0.25, 0.3) is 0 Å². The normalized spacial score (nSPS) is 62.8. The Kier molecular flexibility index (Phi) is 2.14. The second-order valence-electron chi connectivity index (χ2n) is 7.46. The number of aliphatic hydroxyl groups is 1. The van der Waals surface area contributed by atoms with E-state index >= 15 is 0 Å². The Labute approximate surface area is 113 Å². The first-order valence-corrected chi connectivity index (χ1v) is 7.43. The lowest BCUT2D eigenvalue weighted by atomic mass is 9.76. The van der Waals surface area contributed by atoms with Crippen LogP contribution in [-0.2, 0) is 14.3 Å². The van der Waals surface area contributed by atoms with E-state index in [0.29, 0.717) is 18.4 Å². The number of esters is 1. The Hall–Kier alpha value is -0.610. The van der Waals surface area contributed by atoms with Crippen molar-refractivity contribution in [2.75, 3.05) is 0 Å². The summed E-state index contributed by atoms with van der Waals surface area (Å²) >= 11 is 0. The van der Waals surface area contributed by atoms with E-state index in [1.165, 1.54) is 0 Å². The Morgan fingerprint density at radius 2 is 2.00 bits per heavy atom. The van der Waals surface area contributed by atoms with Crippen molar-refractivity contribution in [1.29, 1.82) is 0 Å². The SMILES string of the molecule is C[C@@H]1C(=O)O[C@H]2C[C@@](C)(O)[C@@H]3C[C@H]4O[C@@]4(C)[C@@H]3C[C@@H]21. The molecule has 2 saturated carbocycles. The lowest BCUT2D eigenvalue weighted by Crippen LogP contribution is -2.40. The van der Waals surface area contributed by atoms with Crippen LogP contribution in [0.2, 0.25) is 0 Å². The highest BCUT2D eigenvalue weighted by atomic mass is 16.6. The molecule has 106 valence electrons. The summed E-state index contributed by atoms with van der Waals surface area (Å²) in [7, 11) is 0. The highest BCUT2D eigenvalue weighted by molar-refractivity contribution is 5.74. The molecule has 1 N–H and O–H groups in total. The molecule has 2 aliphatic heterocycles. The van der Waals surface area contributed by atoms with Crippen LogP contribution in [0, 0.1) is 23.7 Å². The molecule has 0 radical (unpaired) electrons. The fourth-order valence-corrected chi connectivity index (χ4v) is 5.00. The van der Waals surface area contributed by atoms with E-state index in [1.54, 1.807) is 0 Å². The van der Waals surface area contributed by atoms with Gasteiger partial charge in [0.1, 0.15) is 6.10 Å². The molecule has 0 aromatic carbocycles. The van der Waals surface area contributed by atoms with Crippen molar-refractivity contribution >= 4 is 5.97 Å². The zero-order valence-electron chi connectivity index (χ0n) is 11.8. The number of hydrogen-bond donors (Lipinski definition) is 1. The third-order valence-electron chi connectivity index (χ3n) is 6.37. The van der Waals surface area contributed by atoms with Crippen molar-refractivity contribution in [1.82, 2.24) is 0 Å². The quantitative estimate of drug-likeness (QED) is 0.533. The second-order valence-corrected chi connectivity index (χ2v) is 7.46. The van der Waals surface area contributed by atoms with Crippen LogP contribution in [0.1, 0.15) is 40.0 Å². The summed E-state index contributed by atoms with van der Waals surface area (Å²) in [5, 5.41) is 10.9. The molecular formula is C15H22O4. The van der Waals surface area contributed by atoms with Gasteiger partial charge in [0.25, 0.3) is 0 Å². The highest BCUT2D eigenvalue weighted by Crippen LogP contribution is 2.63. The van der Waals surface area contributed by atoms with Crippen LogP contribution >= 0.6 is 0 Å². The Bertz CT molecular complexity index is 445. The van der Waals surface area contributed by atoms with Crippen molar-refractivity contribution in [3.05, 3.63) is 0 Å². The summed E-state index contributed by atoms with van der Waals surface area (Å²) in [4.78, 5) is 11.8. The molecule has 2 aliphatic carbocycles. The molecule has 2 heterocycles. The third-order valence-corrected chi connectivity index (χ3v) is 6.37. The van der Waals surface area contributed by atoms with Crippen molar-refractivity contribution in [2.45, 2.75) is 63.4 Å². The largest absolute Gasteiger partial charge is 0.462 e. The molecule has 0 amide bonds. The second kappa shape index (κ2) is 3.34. The first-order valence-electron chi connectivity index (χ1n) is 7.43. The van der Waals surface area contributed by atoms with Gasteiger partial charge in [-0.05, 0) is 38.5 Å². The minimum atomic E-state index is -0.742. The van der Waals surface area contributed by atoms with E-state index in [4.69, 9.17) is 9.47 Å². The average molecular weight is 266 g/mol. The number of carbonyl (C=O) groups is 1. The van der Waals surface area contributed by atoms with Crippen LogP contribution in [-0.4, -0.2) is 34.5 Å². The molecule has 0 aromatic rings. The Morgan fingerprint density at radius 1 is 1.26 bits per heavy atom. The summed E-state index contributed by atoms with van der Waals surface area (Å²) in [6, 6.07) is 0. The van der Waals surface area contributed by atoms with Gasteiger partial charge in [0.2, 0.25) is 0 Å². The van der Waals surface area contributed by atoms with Gasteiger partial charge in [-0.3, -0.25) is 4.79 Å². The number of ether oxygens (including phenoxy) is 2. The molecule has 4 fully saturated rings. The zero-order valence-corrected chi connectivity index (χ0v) is 11.8. The average Bonchev–Trinajstić information content (AvgIpc) is 2.83. The predicted molar refractivity (Wildman–Crippen MR) is 67.3 cm³/mol. The maximum absolute atomic E-state index is 11.8. The molecule has 4 nitrogen and oxygen atoms in total. The van der Waals surface area contributed by atoms with Gasteiger partial charge in [0.05, 0.1) is 23.2 Å². The van der Waals surface area contributed by atoms with Gasteiger partial charge in [-0.1, -0.05) is 6.92 Å². The van der Waals surface area contributed by atoms with Crippen molar-refractivity contribution in [3.8, 4) is 0 Å². The van der Waals surface area contributed by atoms with Crippen LogP contribution < -0.4 is 0 Å². The smallest absolute Gasteiger partial charge is 0.309 e. The monoisotopic (exact) mass is 266 g/mol. The molecule has 0 spiro atoms. The van der Waals surface area contributed by atoms with Gasteiger partial charge in [-0.15, -0.1) is 0 Å². The molecule has 4 aliphatic rings. The van der Waals surface area contributed by atoms with Gasteiger partial charge >= 0.3 is 5.97 Å². The molecule has 0 unspecified atom stereocenters. The van der Waals surface area contributed by atoms with Gasteiger partial charge in [-0.25, -0.2) is 0 Å². The van der Waals surface area contributed by atoms with Gasteiger partial charge in [0.15, 0.2) is 0 Å². The lowest BCUT2D eigenvalue weighted by Gasteiger charge is -2.35. The molecule has 8 atom stereocenters. The Morgan fingerprint density at radius 3 is 2.74 bits per heavy atom. The number of epoxide rings is 1. The molecule has 19 heavy (non-hydrogen) atoms. The molecule has 2 saturated heterocycles. The van der Waals surface area contributed by atoms with Gasteiger partial charge in [0, 0.05) is 12.3 Å². The number of hydrogen-bond acceptors (Lipinski definition) is 4. The van der Waals surface area contributed by atoms with E-state index in [0.717, 1.165) is 12.8 Å². The van der Waals surface area contributed by atoms with Crippen LogP contribution in [0.3, 0.4) is 0 Å². The number of fused-ring (bicyclic) bond motifs is 4. The third kappa shape index (κ3) is 1.44. The summed E-state index contributed by atoms with van der Waals surface area (Å²) in [6.07, 6.45) is 2.70. The topological polar surface area (TPSA) is 59.1 Å². The maximum Gasteiger partial charge on any atom is 0.309 e. The van der Waals surface area contributed by atoms with Gasteiger partial charge in [-0.2, -0.15) is 0 Å². The zero-order chi connectivity index (χ0) is 13.6. The van der Waals surface area contributed by atoms with Crippen molar-refractivity contribution in [2.24, 2.45) is 23.7 Å². The minimum Gasteiger partial charge on any atom is -0.462 e. The molecule has 0 aromatic heterocycles. The standard InChI is InChI=1S/C15H22O4/c1-7-8-4-10-9(5-12-15(10,3)19-12)14(2,17)6-11(8)18-13(7)16/h7-12,17H,4-6H2,1-3H3/t7-,8+,9+,10+,11-,12+,14+,15-/m0/s1. The maximum atomic E-state index is 11.8. The van der Waals surface area contributed by atoms with E-state index < -0.39 is 5.60 Å².